The Kier molecular flexibility index (Phi) is 5.01. The van der Waals surface area contributed by atoms with Crippen molar-refractivity contribution in [1.29, 1.82) is 0 Å². The van der Waals surface area contributed by atoms with Crippen molar-refractivity contribution in [3.05, 3.63) is 34.9 Å². The zero-order valence-corrected chi connectivity index (χ0v) is 13.6. The van der Waals surface area contributed by atoms with E-state index < -0.39 is 0 Å². The molecule has 1 aliphatic heterocycles. The molecule has 1 heterocycles. The van der Waals surface area contributed by atoms with Gasteiger partial charge in [0.05, 0.1) is 12.1 Å². The largest absolute Gasteiger partial charge is 0.377 e. The Morgan fingerprint density at radius 3 is 2.71 bits per heavy atom. The van der Waals surface area contributed by atoms with E-state index in [1.165, 1.54) is 16.7 Å². The maximum Gasteiger partial charge on any atom is 0.241 e. The number of aryl methyl sites for hydroxylation is 2. The molecular weight excluding hydrogens is 264 g/mol. The molecule has 0 radical (unpaired) electrons. The first kappa shape index (κ1) is 16.0. The third kappa shape index (κ3) is 3.44. The number of nitrogens with one attached hydrogen (secondary N) is 1. The standard InChI is InChI=1S/C17H26N2O2/c1-6-21-13(4)10-19-16(18-14(5)17(19)20)15-8-7-11(2)9-12(15)3/h7-9,13-14,16,18H,6,10H2,1-5H3. The molecule has 2 rings (SSSR count). The first-order valence-electron chi connectivity index (χ1n) is 7.69. The Balaban J connectivity index is 2.25. The van der Waals surface area contributed by atoms with Crippen LogP contribution in [0.2, 0.25) is 0 Å². The average molecular weight is 290 g/mol. The van der Waals surface area contributed by atoms with Crippen molar-refractivity contribution >= 4 is 5.91 Å². The topological polar surface area (TPSA) is 41.6 Å². The molecule has 0 aromatic heterocycles. The van der Waals surface area contributed by atoms with Crippen LogP contribution in [0.4, 0.5) is 0 Å². The van der Waals surface area contributed by atoms with Gasteiger partial charge in [0.2, 0.25) is 5.91 Å². The maximum atomic E-state index is 12.4. The second-order valence-corrected chi connectivity index (χ2v) is 5.91. The SMILES string of the molecule is CCOC(C)CN1C(=O)C(C)NC1c1ccc(C)cc1C. The highest BCUT2D eigenvalue weighted by Crippen LogP contribution is 2.28. The normalized spacial score (nSPS) is 23.7. The van der Waals surface area contributed by atoms with E-state index in [0.29, 0.717) is 13.2 Å². The van der Waals surface area contributed by atoms with Gasteiger partial charge < -0.3 is 9.64 Å². The molecule has 1 fully saturated rings. The fraction of sp³-hybridized carbons (Fsp3) is 0.588. The predicted octanol–water partition coefficient (Wildman–Crippen LogP) is 2.55. The van der Waals surface area contributed by atoms with E-state index in [4.69, 9.17) is 4.74 Å². The predicted molar refractivity (Wildman–Crippen MR) is 84.1 cm³/mol. The summed E-state index contributed by atoms with van der Waals surface area (Å²) in [5.74, 6) is 0.145. The number of carbonyl (C=O) groups is 1. The van der Waals surface area contributed by atoms with E-state index in [1.54, 1.807) is 0 Å². The van der Waals surface area contributed by atoms with Crippen LogP contribution in [-0.4, -0.2) is 36.1 Å². The summed E-state index contributed by atoms with van der Waals surface area (Å²) in [4.78, 5) is 14.3. The quantitative estimate of drug-likeness (QED) is 0.906. The summed E-state index contributed by atoms with van der Waals surface area (Å²) in [7, 11) is 0. The van der Waals surface area contributed by atoms with Crippen LogP contribution in [0.25, 0.3) is 0 Å². The number of nitrogens with zero attached hydrogens (tertiary/aromatic N) is 1. The van der Waals surface area contributed by atoms with Gasteiger partial charge in [0, 0.05) is 13.2 Å². The van der Waals surface area contributed by atoms with Crippen LogP contribution in [0.5, 0.6) is 0 Å². The first-order chi connectivity index (χ1) is 9.93. The molecule has 116 valence electrons. The number of benzene rings is 1. The molecule has 1 saturated heterocycles. The summed E-state index contributed by atoms with van der Waals surface area (Å²) in [6.07, 6.45) is -0.0182. The van der Waals surface area contributed by atoms with E-state index in [-0.39, 0.29) is 24.2 Å². The molecule has 1 aromatic carbocycles. The highest BCUT2D eigenvalue weighted by molar-refractivity contribution is 5.84. The summed E-state index contributed by atoms with van der Waals surface area (Å²) >= 11 is 0. The van der Waals surface area contributed by atoms with Gasteiger partial charge in [-0.3, -0.25) is 10.1 Å². The average Bonchev–Trinajstić information content (AvgIpc) is 2.67. The third-order valence-electron chi connectivity index (χ3n) is 4.00. The van der Waals surface area contributed by atoms with Crippen LogP contribution in [0.1, 0.15) is 43.6 Å². The monoisotopic (exact) mass is 290 g/mol. The number of hydrogen-bond donors (Lipinski definition) is 1. The van der Waals surface area contributed by atoms with Crippen LogP contribution in [0, 0.1) is 13.8 Å². The fourth-order valence-electron chi connectivity index (χ4n) is 2.97. The lowest BCUT2D eigenvalue weighted by molar-refractivity contribution is -0.131. The number of rotatable bonds is 5. The van der Waals surface area contributed by atoms with Crippen LogP contribution in [-0.2, 0) is 9.53 Å². The molecule has 1 aromatic rings. The van der Waals surface area contributed by atoms with Gasteiger partial charge in [-0.25, -0.2) is 0 Å². The summed E-state index contributed by atoms with van der Waals surface area (Å²) in [6, 6.07) is 6.23. The molecule has 3 unspecified atom stereocenters. The first-order valence-corrected chi connectivity index (χ1v) is 7.69. The van der Waals surface area contributed by atoms with Gasteiger partial charge in [0.25, 0.3) is 0 Å². The molecular formula is C17H26N2O2. The molecule has 21 heavy (non-hydrogen) atoms. The zero-order valence-electron chi connectivity index (χ0n) is 13.6. The fourth-order valence-corrected chi connectivity index (χ4v) is 2.97. The molecule has 1 N–H and O–H groups in total. The summed E-state index contributed by atoms with van der Waals surface area (Å²) in [6.45, 7) is 11.4. The molecule has 1 amide bonds. The summed E-state index contributed by atoms with van der Waals surface area (Å²) < 4.78 is 5.60. The minimum absolute atomic E-state index is 0.0410. The summed E-state index contributed by atoms with van der Waals surface area (Å²) in [5, 5.41) is 3.40. The van der Waals surface area contributed by atoms with Crippen molar-refractivity contribution in [3.8, 4) is 0 Å². The summed E-state index contributed by atoms with van der Waals surface area (Å²) in [5.41, 5.74) is 3.62. The zero-order chi connectivity index (χ0) is 15.6. The number of amides is 1. The molecule has 0 aliphatic carbocycles. The third-order valence-corrected chi connectivity index (χ3v) is 4.00. The molecule has 3 atom stereocenters. The van der Waals surface area contributed by atoms with Gasteiger partial charge in [-0.2, -0.15) is 0 Å². The van der Waals surface area contributed by atoms with Crippen LogP contribution < -0.4 is 5.32 Å². The van der Waals surface area contributed by atoms with Gasteiger partial charge >= 0.3 is 0 Å². The molecule has 0 saturated carbocycles. The van der Waals surface area contributed by atoms with E-state index in [1.807, 2.05) is 25.7 Å². The van der Waals surface area contributed by atoms with Crippen molar-refractivity contribution in [3.63, 3.8) is 0 Å². The highest BCUT2D eigenvalue weighted by atomic mass is 16.5. The van der Waals surface area contributed by atoms with E-state index in [0.717, 1.165) is 0 Å². The van der Waals surface area contributed by atoms with Crippen molar-refractivity contribution in [2.75, 3.05) is 13.2 Å². The molecule has 4 nitrogen and oxygen atoms in total. The molecule has 0 bridgehead atoms. The van der Waals surface area contributed by atoms with Crippen LogP contribution in [0.3, 0.4) is 0 Å². The minimum atomic E-state index is -0.149. The van der Waals surface area contributed by atoms with E-state index >= 15 is 0 Å². The number of ether oxygens (including phenoxy) is 1. The van der Waals surface area contributed by atoms with Gasteiger partial charge in [0.1, 0.15) is 6.17 Å². The molecule has 1 aliphatic rings. The Hall–Kier alpha value is -1.39. The Morgan fingerprint density at radius 1 is 1.38 bits per heavy atom. The van der Waals surface area contributed by atoms with Crippen molar-refractivity contribution in [2.24, 2.45) is 0 Å². The van der Waals surface area contributed by atoms with Crippen LogP contribution >= 0.6 is 0 Å². The van der Waals surface area contributed by atoms with Gasteiger partial charge in [-0.1, -0.05) is 23.8 Å². The van der Waals surface area contributed by atoms with E-state index in [2.05, 4.69) is 37.4 Å². The Labute approximate surface area is 127 Å². The van der Waals surface area contributed by atoms with Gasteiger partial charge in [-0.15, -0.1) is 0 Å². The second kappa shape index (κ2) is 6.58. The number of hydrogen-bond acceptors (Lipinski definition) is 3. The lowest BCUT2D eigenvalue weighted by atomic mass is 10.0. The van der Waals surface area contributed by atoms with Crippen molar-refractivity contribution in [1.82, 2.24) is 10.2 Å². The minimum Gasteiger partial charge on any atom is -0.377 e. The molecule has 4 heteroatoms. The Morgan fingerprint density at radius 2 is 2.10 bits per heavy atom. The maximum absolute atomic E-state index is 12.4. The van der Waals surface area contributed by atoms with Crippen LogP contribution in [0.15, 0.2) is 18.2 Å². The number of carbonyl (C=O) groups excluding carboxylic acids is 1. The Bertz CT molecular complexity index is 516. The smallest absolute Gasteiger partial charge is 0.241 e. The second-order valence-electron chi connectivity index (χ2n) is 5.91. The van der Waals surface area contributed by atoms with Crippen molar-refractivity contribution in [2.45, 2.75) is 52.9 Å². The van der Waals surface area contributed by atoms with Gasteiger partial charge in [0.15, 0.2) is 0 Å². The van der Waals surface area contributed by atoms with Crippen molar-refractivity contribution < 1.29 is 9.53 Å². The molecule has 0 spiro atoms. The lowest BCUT2D eigenvalue weighted by Crippen LogP contribution is -2.37. The highest BCUT2D eigenvalue weighted by Gasteiger charge is 2.38. The van der Waals surface area contributed by atoms with E-state index in [9.17, 15) is 4.79 Å². The lowest BCUT2D eigenvalue weighted by Gasteiger charge is -2.28. The van der Waals surface area contributed by atoms with Gasteiger partial charge in [-0.05, 0) is 45.7 Å².